The molecule has 3 rings (SSSR count). The lowest BCUT2D eigenvalue weighted by molar-refractivity contribution is -0.137. The van der Waals surface area contributed by atoms with Gasteiger partial charge in [0.15, 0.2) is 0 Å². The number of benzene rings is 1. The van der Waals surface area contributed by atoms with Crippen LogP contribution in [0.2, 0.25) is 10.0 Å². The van der Waals surface area contributed by atoms with Gasteiger partial charge in [0, 0.05) is 55.0 Å². The van der Waals surface area contributed by atoms with E-state index in [1.807, 2.05) is 23.8 Å². The predicted octanol–water partition coefficient (Wildman–Crippen LogP) is 2.96. The van der Waals surface area contributed by atoms with Crippen molar-refractivity contribution in [2.75, 3.05) is 26.7 Å². The Kier molecular flexibility index (Phi) is 7.07. The van der Waals surface area contributed by atoms with Crippen molar-refractivity contribution in [3.63, 3.8) is 0 Å². The van der Waals surface area contributed by atoms with Crippen LogP contribution < -0.4 is 10.1 Å². The van der Waals surface area contributed by atoms with E-state index in [1.54, 1.807) is 18.2 Å². The summed E-state index contributed by atoms with van der Waals surface area (Å²) in [5.41, 5.74) is 0. The second-order valence-corrected chi connectivity index (χ2v) is 8.43. The Morgan fingerprint density at radius 3 is 2.43 bits per heavy atom. The molecule has 2 amide bonds. The van der Waals surface area contributed by atoms with Crippen LogP contribution in [0.25, 0.3) is 0 Å². The number of carbonyl (C=O) groups excluding carboxylic acids is 2. The van der Waals surface area contributed by atoms with Gasteiger partial charge in [0.05, 0.1) is 6.04 Å². The summed E-state index contributed by atoms with van der Waals surface area (Å²) < 4.78 is 6.00. The Bertz CT molecular complexity index is 702. The second-order valence-electron chi connectivity index (χ2n) is 7.56. The average molecular weight is 428 g/mol. The van der Waals surface area contributed by atoms with E-state index in [2.05, 4.69) is 5.32 Å². The standard InChI is InChI=1S/C20H27Cl2N3O3/c1-3-19(26)23-15-11-18(24(2)12-15)20(27)25-6-4-16(5-7-25)28-17-9-13(21)8-14(22)10-17/h8-10,15-16,18H,3-7,11-12H2,1-2H3,(H,23,26)/t15-,18+/m0/s1. The number of amides is 2. The van der Waals surface area contributed by atoms with Gasteiger partial charge in [-0.05, 0) is 31.7 Å². The zero-order valence-corrected chi connectivity index (χ0v) is 17.8. The van der Waals surface area contributed by atoms with E-state index in [1.165, 1.54) is 0 Å². The summed E-state index contributed by atoms with van der Waals surface area (Å²) in [4.78, 5) is 28.5. The highest BCUT2D eigenvalue weighted by molar-refractivity contribution is 6.34. The summed E-state index contributed by atoms with van der Waals surface area (Å²) in [5.74, 6) is 0.831. The molecule has 0 aromatic heterocycles. The maximum Gasteiger partial charge on any atom is 0.240 e. The average Bonchev–Trinajstić information content (AvgIpc) is 3.01. The summed E-state index contributed by atoms with van der Waals surface area (Å²) in [6, 6.07) is 5.05. The summed E-state index contributed by atoms with van der Waals surface area (Å²) in [5, 5.41) is 4.09. The summed E-state index contributed by atoms with van der Waals surface area (Å²) >= 11 is 12.0. The second kappa shape index (κ2) is 9.33. The molecule has 2 atom stereocenters. The first-order valence-electron chi connectivity index (χ1n) is 9.77. The largest absolute Gasteiger partial charge is 0.490 e. The molecule has 1 aromatic carbocycles. The topological polar surface area (TPSA) is 61.9 Å². The van der Waals surface area contributed by atoms with Crippen LogP contribution in [-0.2, 0) is 9.59 Å². The van der Waals surface area contributed by atoms with Crippen molar-refractivity contribution in [2.24, 2.45) is 0 Å². The normalized spacial score (nSPS) is 23.6. The molecule has 28 heavy (non-hydrogen) atoms. The smallest absolute Gasteiger partial charge is 0.240 e. The molecule has 0 spiro atoms. The lowest BCUT2D eigenvalue weighted by Gasteiger charge is -2.34. The van der Waals surface area contributed by atoms with Crippen LogP contribution in [0.3, 0.4) is 0 Å². The maximum absolute atomic E-state index is 13.0. The zero-order valence-electron chi connectivity index (χ0n) is 16.3. The Morgan fingerprint density at radius 1 is 1.18 bits per heavy atom. The number of ether oxygens (including phenoxy) is 1. The number of nitrogens with one attached hydrogen (secondary N) is 1. The molecule has 154 valence electrons. The summed E-state index contributed by atoms with van der Waals surface area (Å²) in [7, 11) is 1.94. The van der Waals surface area contributed by atoms with Gasteiger partial charge in [0.2, 0.25) is 11.8 Å². The minimum Gasteiger partial charge on any atom is -0.490 e. The molecule has 2 fully saturated rings. The molecule has 0 bridgehead atoms. The number of halogens is 2. The Hall–Kier alpha value is -1.50. The van der Waals surface area contributed by atoms with Gasteiger partial charge in [0.25, 0.3) is 0 Å². The fourth-order valence-corrected chi connectivity index (χ4v) is 4.42. The lowest BCUT2D eigenvalue weighted by Crippen LogP contribution is -2.48. The lowest BCUT2D eigenvalue weighted by atomic mass is 10.0. The van der Waals surface area contributed by atoms with Gasteiger partial charge in [-0.2, -0.15) is 0 Å². The molecule has 0 radical (unpaired) electrons. The van der Waals surface area contributed by atoms with Crippen LogP contribution in [0.4, 0.5) is 0 Å². The number of likely N-dealkylation sites (tertiary alicyclic amines) is 2. The highest BCUT2D eigenvalue weighted by Crippen LogP contribution is 2.27. The number of likely N-dealkylation sites (N-methyl/N-ethyl adjacent to an activating group) is 1. The first-order chi connectivity index (χ1) is 13.4. The number of carbonyl (C=O) groups is 2. The van der Waals surface area contributed by atoms with Gasteiger partial charge in [-0.3, -0.25) is 14.5 Å². The van der Waals surface area contributed by atoms with E-state index in [4.69, 9.17) is 27.9 Å². The quantitative estimate of drug-likeness (QED) is 0.784. The fraction of sp³-hybridized carbons (Fsp3) is 0.600. The molecule has 2 heterocycles. The SMILES string of the molecule is CCC(=O)N[C@H]1C[C@H](C(=O)N2CCC(Oc3cc(Cl)cc(Cl)c3)CC2)N(C)C1. The third kappa shape index (κ3) is 5.31. The molecule has 0 unspecified atom stereocenters. The van der Waals surface area contributed by atoms with E-state index in [9.17, 15) is 9.59 Å². The monoisotopic (exact) mass is 427 g/mol. The molecule has 0 saturated carbocycles. The van der Waals surface area contributed by atoms with Crippen LogP contribution in [-0.4, -0.2) is 66.5 Å². The van der Waals surface area contributed by atoms with Crippen LogP contribution in [0.5, 0.6) is 5.75 Å². The van der Waals surface area contributed by atoms with Crippen LogP contribution in [0.15, 0.2) is 18.2 Å². The number of rotatable bonds is 5. The summed E-state index contributed by atoms with van der Waals surface area (Å²) in [6.07, 6.45) is 2.70. The molecular formula is C20H27Cl2N3O3. The van der Waals surface area contributed by atoms with E-state index >= 15 is 0 Å². The summed E-state index contributed by atoms with van der Waals surface area (Å²) in [6.45, 7) is 3.86. The third-order valence-electron chi connectivity index (χ3n) is 5.41. The molecule has 8 heteroatoms. The highest BCUT2D eigenvalue weighted by atomic mass is 35.5. The van der Waals surface area contributed by atoms with Gasteiger partial charge in [-0.1, -0.05) is 30.1 Å². The van der Waals surface area contributed by atoms with Crippen molar-refractivity contribution in [1.29, 1.82) is 0 Å². The molecule has 6 nitrogen and oxygen atoms in total. The molecule has 1 aromatic rings. The van der Waals surface area contributed by atoms with E-state index in [-0.39, 0.29) is 30.0 Å². The van der Waals surface area contributed by atoms with Crippen molar-refractivity contribution in [3.05, 3.63) is 28.2 Å². The van der Waals surface area contributed by atoms with Crippen LogP contribution in [0, 0.1) is 0 Å². The van der Waals surface area contributed by atoms with Gasteiger partial charge >= 0.3 is 0 Å². The zero-order chi connectivity index (χ0) is 20.3. The number of nitrogens with zero attached hydrogens (tertiary/aromatic N) is 2. The van der Waals surface area contributed by atoms with Crippen molar-refractivity contribution >= 4 is 35.0 Å². The maximum atomic E-state index is 13.0. The van der Waals surface area contributed by atoms with Gasteiger partial charge < -0.3 is 15.0 Å². The van der Waals surface area contributed by atoms with Crippen LogP contribution in [0.1, 0.15) is 32.6 Å². The van der Waals surface area contributed by atoms with E-state index < -0.39 is 0 Å². The van der Waals surface area contributed by atoms with Crippen molar-refractivity contribution in [3.8, 4) is 5.75 Å². The first-order valence-corrected chi connectivity index (χ1v) is 10.5. The minimum absolute atomic E-state index is 0.0329. The molecule has 2 saturated heterocycles. The van der Waals surface area contributed by atoms with E-state index in [0.29, 0.717) is 48.3 Å². The number of piperidine rings is 1. The Labute approximate surface area is 176 Å². The molecule has 2 aliphatic rings. The molecular weight excluding hydrogens is 401 g/mol. The van der Waals surface area contributed by atoms with Crippen molar-refractivity contribution < 1.29 is 14.3 Å². The Balaban J connectivity index is 1.50. The van der Waals surface area contributed by atoms with Gasteiger partial charge in [-0.15, -0.1) is 0 Å². The predicted molar refractivity (Wildman–Crippen MR) is 110 cm³/mol. The fourth-order valence-electron chi connectivity index (χ4n) is 3.92. The molecule has 0 aliphatic carbocycles. The van der Waals surface area contributed by atoms with Crippen molar-refractivity contribution in [2.45, 2.75) is 50.8 Å². The van der Waals surface area contributed by atoms with Crippen LogP contribution >= 0.6 is 23.2 Å². The van der Waals surface area contributed by atoms with E-state index in [0.717, 1.165) is 12.8 Å². The van der Waals surface area contributed by atoms with Gasteiger partial charge in [0.1, 0.15) is 11.9 Å². The number of hydrogen-bond acceptors (Lipinski definition) is 4. The van der Waals surface area contributed by atoms with Gasteiger partial charge in [-0.25, -0.2) is 0 Å². The van der Waals surface area contributed by atoms with Crippen molar-refractivity contribution in [1.82, 2.24) is 15.1 Å². The third-order valence-corrected chi connectivity index (χ3v) is 5.85. The Morgan fingerprint density at radius 2 is 1.82 bits per heavy atom. The first kappa shape index (κ1) is 21.2. The molecule has 2 aliphatic heterocycles. The highest BCUT2D eigenvalue weighted by Gasteiger charge is 2.38. The molecule has 1 N–H and O–H groups in total. The number of hydrogen-bond donors (Lipinski definition) is 1. The minimum atomic E-state index is -0.175.